The van der Waals surface area contributed by atoms with Gasteiger partial charge in [0.2, 0.25) is 0 Å². The summed E-state index contributed by atoms with van der Waals surface area (Å²) >= 11 is 0. The molecule has 2 aliphatic rings. The fraction of sp³-hybridized carbons (Fsp3) is 0.387. The SMILES string of the molecule is CC(C)C[C@H](NC(=O)c1ccc2[nH]nc(-c3ccc(N4[C@@H]5CC[C@H]4CC(O)C5)cc3)c2c1)c1ccccn1. The van der Waals surface area contributed by atoms with E-state index in [1.54, 1.807) is 6.20 Å². The van der Waals surface area contributed by atoms with E-state index >= 15 is 0 Å². The number of amides is 1. The zero-order chi connectivity index (χ0) is 26.2. The molecule has 2 aromatic carbocycles. The van der Waals surface area contributed by atoms with Crippen molar-refractivity contribution in [2.45, 2.75) is 70.2 Å². The maximum absolute atomic E-state index is 13.3. The summed E-state index contributed by atoms with van der Waals surface area (Å²) in [7, 11) is 0. The van der Waals surface area contributed by atoms with Gasteiger partial charge in [0.15, 0.2) is 0 Å². The molecule has 38 heavy (non-hydrogen) atoms. The number of nitrogens with zero attached hydrogens (tertiary/aromatic N) is 3. The summed E-state index contributed by atoms with van der Waals surface area (Å²) in [5.74, 6) is 0.298. The highest BCUT2D eigenvalue weighted by molar-refractivity contribution is 6.01. The van der Waals surface area contributed by atoms with E-state index in [2.05, 4.69) is 63.5 Å². The zero-order valence-corrected chi connectivity index (χ0v) is 22.0. The molecule has 7 heteroatoms. The second-order valence-corrected chi connectivity index (χ2v) is 11.2. The Morgan fingerprint density at radius 3 is 2.53 bits per heavy atom. The van der Waals surface area contributed by atoms with Crippen LogP contribution in [-0.4, -0.2) is 44.4 Å². The van der Waals surface area contributed by atoms with Gasteiger partial charge in [-0.2, -0.15) is 5.10 Å². The number of hydrogen-bond acceptors (Lipinski definition) is 5. The molecule has 2 aromatic heterocycles. The molecule has 2 aliphatic heterocycles. The van der Waals surface area contributed by atoms with Gasteiger partial charge in [-0.05, 0) is 80.5 Å². The normalized spacial score (nSPS) is 21.7. The molecule has 3 N–H and O–H groups in total. The van der Waals surface area contributed by atoms with Crippen molar-refractivity contribution in [1.29, 1.82) is 0 Å². The zero-order valence-electron chi connectivity index (χ0n) is 22.0. The van der Waals surface area contributed by atoms with Gasteiger partial charge < -0.3 is 15.3 Å². The van der Waals surface area contributed by atoms with Crippen molar-refractivity contribution in [3.63, 3.8) is 0 Å². The van der Waals surface area contributed by atoms with Crippen LogP contribution in [0.1, 0.15) is 68.0 Å². The van der Waals surface area contributed by atoms with Crippen LogP contribution in [-0.2, 0) is 0 Å². The number of aromatic amines is 1. The fourth-order valence-corrected chi connectivity index (χ4v) is 6.29. The predicted molar refractivity (Wildman–Crippen MR) is 150 cm³/mol. The van der Waals surface area contributed by atoms with Crippen molar-refractivity contribution < 1.29 is 9.90 Å². The van der Waals surface area contributed by atoms with Crippen LogP contribution in [0.4, 0.5) is 5.69 Å². The van der Waals surface area contributed by atoms with Crippen molar-refractivity contribution in [2.75, 3.05) is 4.90 Å². The van der Waals surface area contributed by atoms with E-state index in [0.29, 0.717) is 23.6 Å². The second-order valence-electron chi connectivity index (χ2n) is 11.2. The number of hydrogen-bond donors (Lipinski definition) is 3. The smallest absolute Gasteiger partial charge is 0.251 e. The highest BCUT2D eigenvalue weighted by atomic mass is 16.3. The van der Waals surface area contributed by atoms with Gasteiger partial charge in [0.25, 0.3) is 5.91 Å². The van der Waals surface area contributed by atoms with Crippen LogP contribution >= 0.6 is 0 Å². The molecular weight excluding hydrogens is 474 g/mol. The molecular formula is C31H35N5O2. The van der Waals surface area contributed by atoms with E-state index in [-0.39, 0.29) is 18.1 Å². The minimum atomic E-state index is -0.172. The summed E-state index contributed by atoms with van der Waals surface area (Å²) in [6.07, 6.45) is 6.41. The molecule has 0 aliphatic carbocycles. The molecule has 7 nitrogen and oxygen atoms in total. The summed E-state index contributed by atoms with van der Waals surface area (Å²) in [5.41, 5.74) is 5.42. The Balaban J connectivity index is 1.24. The maximum Gasteiger partial charge on any atom is 0.251 e. The van der Waals surface area contributed by atoms with E-state index in [1.807, 2.05) is 36.4 Å². The molecule has 0 radical (unpaired) electrons. The molecule has 2 fully saturated rings. The van der Waals surface area contributed by atoms with Crippen LogP contribution in [0, 0.1) is 5.92 Å². The van der Waals surface area contributed by atoms with Gasteiger partial charge in [0.05, 0.1) is 29.1 Å². The molecule has 1 amide bonds. The van der Waals surface area contributed by atoms with Crippen LogP contribution in [0.25, 0.3) is 22.2 Å². The largest absolute Gasteiger partial charge is 0.393 e. The van der Waals surface area contributed by atoms with Gasteiger partial charge in [-0.15, -0.1) is 0 Å². The van der Waals surface area contributed by atoms with Gasteiger partial charge >= 0.3 is 0 Å². The van der Waals surface area contributed by atoms with Crippen LogP contribution in [0.2, 0.25) is 0 Å². The minimum Gasteiger partial charge on any atom is -0.393 e. The molecule has 0 saturated carbocycles. The third-order valence-electron chi connectivity index (χ3n) is 8.03. The number of nitrogens with one attached hydrogen (secondary N) is 2. The molecule has 2 saturated heterocycles. The number of aliphatic hydroxyl groups excluding tert-OH is 1. The Kier molecular flexibility index (Phi) is 6.62. The number of aliphatic hydroxyl groups is 1. The van der Waals surface area contributed by atoms with Gasteiger partial charge in [-0.3, -0.25) is 14.9 Å². The van der Waals surface area contributed by atoms with Crippen LogP contribution in [0.5, 0.6) is 0 Å². The number of anilines is 1. The first-order chi connectivity index (χ1) is 18.5. The number of carbonyl (C=O) groups excluding carboxylic acids is 1. The van der Waals surface area contributed by atoms with Crippen molar-refractivity contribution >= 4 is 22.5 Å². The third kappa shape index (κ3) is 4.78. The maximum atomic E-state index is 13.3. The van der Waals surface area contributed by atoms with Crippen LogP contribution < -0.4 is 10.2 Å². The fourth-order valence-electron chi connectivity index (χ4n) is 6.29. The van der Waals surface area contributed by atoms with Crippen molar-refractivity contribution in [1.82, 2.24) is 20.5 Å². The number of carbonyl (C=O) groups is 1. The average Bonchev–Trinajstić information content (AvgIpc) is 3.46. The average molecular weight is 510 g/mol. The topological polar surface area (TPSA) is 94.1 Å². The van der Waals surface area contributed by atoms with Crippen molar-refractivity contribution in [3.8, 4) is 11.3 Å². The molecule has 4 atom stereocenters. The van der Waals surface area contributed by atoms with E-state index < -0.39 is 0 Å². The Labute approximate surface area is 223 Å². The number of aromatic nitrogens is 3. The summed E-state index contributed by atoms with van der Waals surface area (Å²) < 4.78 is 0. The van der Waals surface area contributed by atoms with E-state index in [0.717, 1.165) is 60.0 Å². The molecule has 196 valence electrons. The first kappa shape index (κ1) is 24.6. The lowest BCUT2D eigenvalue weighted by Crippen LogP contribution is -2.44. The number of rotatable bonds is 7. The third-order valence-corrected chi connectivity index (χ3v) is 8.03. The number of H-pyrrole nitrogens is 1. The van der Waals surface area contributed by atoms with Gasteiger partial charge in [0.1, 0.15) is 0 Å². The van der Waals surface area contributed by atoms with E-state index in [9.17, 15) is 9.90 Å². The molecule has 4 aromatic rings. The van der Waals surface area contributed by atoms with Gasteiger partial charge in [-0.1, -0.05) is 32.0 Å². The standard InChI is InChI=1S/C31H35N5O2/c1-19(2)15-29(28-5-3-4-14-32-28)33-31(38)21-8-13-27-26(16-21)30(35-34-27)20-6-9-22(10-7-20)36-23-11-12-24(36)18-25(37)17-23/h3-10,13-14,16,19,23-25,29,37H,11-12,15,17-18H2,1-2H3,(H,33,38)(H,34,35)/t23-,24+,25?,29-/m0/s1. The van der Waals surface area contributed by atoms with Gasteiger partial charge in [-0.25, -0.2) is 0 Å². The number of pyridine rings is 1. The second kappa shape index (κ2) is 10.2. The lowest BCUT2D eigenvalue weighted by atomic mass is 9.98. The van der Waals surface area contributed by atoms with Crippen molar-refractivity contribution in [3.05, 3.63) is 78.1 Å². The molecule has 1 unspecified atom stereocenters. The first-order valence-electron chi connectivity index (χ1n) is 13.7. The lowest BCUT2D eigenvalue weighted by Gasteiger charge is -2.39. The van der Waals surface area contributed by atoms with Crippen molar-refractivity contribution in [2.24, 2.45) is 5.92 Å². The Bertz CT molecular complexity index is 1400. The summed E-state index contributed by atoms with van der Waals surface area (Å²) in [6, 6.07) is 20.7. The number of piperidine rings is 1. The number of fused-ring (bicyclic) bond motifs is 3. The van der Waals surface area contributed by atoms with Crippen LogP contribution in [0.15, 0.2) is 66.9 Å². The molecule has 2 bridgehead atoms. The summed E-state index contributed by atoms with van der Waals surface area (Å²) in [4.78, 5) is 20.3. The quantitative estimate of drug-likeness (QED) is 0.300. The lowest BCUT2D eigenvalue weighted by molar-refractivity contribution is 0.0931. The minimum absolute atomic E-state index is 0.117. The Hall–Kier alpha value is -3.71. The van der Waals surface area contributed by atoms with E-state index in [1.165, 1.54) is 5.69 Å². The predicted octanol–water partition coefficient (Wildman–Crippen LogP) is 5.63. The summed E-state index contributed by atoms with van der Waals surface area (Å²) in [5, 5.41) is 22.0. The summed E-state index contributed by atoms with van der Waals surface area (Å²) in [6.45, 7) is 4.30. The van der Waals surface area contributed by atoms with E-state index in [4.69, 9.17) is 0 Å². The van der Waals surface area contributed by atoms with Gasteiger partial charge in [0, 0.05) is 40.5 Å². The van der Waals surface area contributed by atoms with Crippen LogP contribution in [0.3, 0.4) is 0 Å². The molecule has 0 spiro atoms. The Morgan fingerprint density at radius 1 is 1.08 bits per heavy atom. The number of benzene rings is 2. The monoisotopic (exact) mass is 509 g/mol. The molecule has 6 rings (SSSR count). The molecule has 4 heterocycles. The first-order valence-corrected chi connectivity index (χ1v) is 13.7. The Morgan fingerprint density at radius 2 is 1.84 bits per heavy atom. The highest BCUT2D eigenvalue weighted by Crippen LogP contribution is 2.40. The highest BCUT2D eigenvalue weighted by Gasteiger charge is 2.40.